The Labute approximate surface area is 168 Å². The molecule has 0 radical (unpaired) electrons. The molecule has 3 atom stereocenters. The molecule has 2 fully saturated rings. The Morgan fingerprint density at radius 1 is 1.07 bits per heavy atom. The highest BCUT2D eigenvalue weighted by atomic mass is 35.5. The van der Waals surface area contributed by atoms with Gasteiger partial charge in [0.05, 0.1) is 11.8 Å². The van der Waals surface area contributed by atoms with E-state index in [1.807, 2.05) is 23.6 Å². The Kier molecular flexibility index (Phi) is 10.1. The summed E-state index contributed by atoms with van der Waals surface area (Å²) in [5.41, 5.74) is 5.44. The molecule has 0 spiro atoms. The smallest absolute Gasteiger partial charge is 0.227 e. The minimum absolute atomic E-state index is 0. The second-order valence-electron chi connectivity index (χ2n) is 7.64. The number of carbonyl (C=O) groups is 3. The number of nitrogens with zero attached hydrogens (tertiary/aromatic N) is 2. The number of nitrogens with one attached hydrogen (secondary N) is 1. The van der Waals surface area contributed by atoms with Crippen molar-refractivity contribution in [3.63, 3.8) is 0 Å². The van der Waals surface area contributed by atoms with Gasteiger partial charge in [-0.3, -0.25) is 14.4 Å². The minimum atomic E-state index is -0.152. The first kappa shape index (κ1) is 23.7. The van der Waals surface area contributed by atoms with Crippen LogP contribution < -0.4 is 11.1 Å². The predicted octanol–water partition coefficient (Wildman–Crippen LogP) is 1.01. The number of halogens is 1. The highest BCUT2D eigenvalue weighted by molar-refractivity contribution is 5.85. The first-order valence-electron chi connectivity index (χ1n) is 10.0. The summed E-state index contributed by atoms with van der Waals surface area (Å²) in [4.78, 5) is 41.3. The van der Waals surface area contributed by atoms with Crippen LogP contribution in [0.5, 0.6) is 0 Å². The Hall–Kier alpha value is -1.34. The maximum atomic E-state index is 13.0. The van der Waals surface area contributed by atoms with E-state index in [0.717, 1.165) is 38.6 Å². The van der Waals surface area contributed by atoms with E-state index in [1.54, 1.807) is 0 Å². The van der Waals surface area contributed by atoms with Gasteiger partial charge in [-0.15, -0.1) is 12.4 Å². The molecule has 2 heterocycles. The van der Waals surface area contributed by atoms with E-state index in [1.165, 1.54) is 0 Å². The molecule has 0 aromatic rings. The van der Waals surface area contributed by atoms with Crippen LogP contribution in [0.1, 0.15) is 46.0 Å². The summed E-state index contributed by atoms with van der Waals surface area (Å²) in [7, 11) is 0. The van der Waals surface area contributed by atoms with Crippen molar-refractivity contribution in [1.82, 2.24) is 15.1 Å². The molecule has 8 heteroatoms. The molecular formula is C19H35ClN4O3. The van der Waals surface area contributed by atoms with Crippen LogP contribution in [0.15, 0.2) is 0 Å². The largest absolute Gasteiger partial charge is 0.355 e. The first-order chi connectivity index (χ1) is 12.5. The van der Waals surface area contributed by atoms with Crippen LogP contribution in [0.2, 0.25) is 0 Å². The average Bonchev–Trinajstić information content (AvgIpc) is 2.70. The van der Waals surface area contributed by atoms with Gasteiger partial charge in [-0.25, -0.2) is 0 Å². The van der Waals surface area contributed by atoms with Crippen molar-refractivity contribution in [2.75, 3.05) is 39.3 Å². The van der Waals surface area contributed by atoms with Gasteiger partial charge in [0.15, 0.2) is 0 Å². The fourth-order valence-corrected chi connectivity index (χ4v) is 3.85. The maximum absolute atomic E-state index is 13.0. The molecule has 2 aliphatic rings. The number of likely N-dealkylation sites (tertiary alicyclic amines) is 2. The fourth-order valence-electron chi connectivity index (χ4n) is 3.85. The van der Waals surface area contributed by atoms with E-state index in [0.29, 0.717) is 32.7 Å². The molecule has 0 saturated carbocycles. The van der Waals surface area contributed by atoms with Crippen molar-refractivity contribution in [3.8, 4) is 0 Å². The Balaban J connectivity index is 0.00000364. The SMILES string of the molecule is CCC(C)C(=O)N1CCCC(C(=O)N2CCCC(C(=O)NCCN)C2)C1.Cl. The lowest BCUT2D eigenvalue weighted by Gasteiger charge is -2.38. The van der Waals surface area contributed by atoms with Gasteiger partial charge in [-0.05, 0) is 32.1 Å². The van der Waals surface area contributed by atoms with Crippen LogP contribution in [-0.2, 0) is 14.4 Å². The Morgan fingerprint density at radius 3 is 2.30 bits per heavy atom. The van der Waals surface area contributed by atoms with Crippen molar-refractivity contribution >= 4 is 30.1 Å². The second kappa shape index (κ2) is 11.5. The van der Waals surface area contributed by atoms with Gasteiger partial charge in [0.25, 0.3) is 0 Å². The topological polar surface area (TPSA) is 95.7 Å². The molecule has 0 aliphatic carbocycles. The van der Waals surface area contributed by atoms with Crippen molar-refractivity contribution < 1.29 is 14.4 Å². The second-order valence-corrected chi connectivity index (χ2v) is 7.64. The summed E-state index contributed by atoms with van der Waals surface area (Å²) in [5, 5.41) is 2.83. The van der Waals surface area contributed by atoms with Crippen LogP contribution in [0.4, 0.5) is 0 Å². The number of hydrogen-bond acceptors (Lipinski definition) is 4. The summed E-state index contributed by atoms with van der Waals surface area (Å²) in [5.74, 6) is -0.0337. The van der Waals surface area contributed by atoms with Crippen LogP contribution in [0.3, 0.4) is 0 Å². The molecule has 0 aromatic carbocycles. The van der Waals surface area contributed by atoms with Gasteiger partial charge in [0.1, 0.15) is 0 Å². The molecule has 0 aromatic heterocycles. The lowest BCUT2D eigenvalue weighted by molar-refractivity contribution is -0.144. The molecule has 0 bridgehead atoms. The van der Waals surface area contributed by atoms with Crippen molar-refractivity contribution in [2.45, 2.75) is 46.0 Å². The van der Waals surface area contributed by atoms with Crippen molar-refractivity contribution in [3.05, 3.63) is 0 Å². The lowest BCUT2D eigenvalue weighted by atomic mass is 9.92. The van der Waals surface area contributed by atoms with E-state index in [9.17, 15) is 14.4 Å². The molecule has 7 nitrogen and oxygen atoms in total. The molecule has 2 saturated heterocycles. The molecule has 3 amide bonds. The maximum Gasteiger partial charge on any atom is 0.227 e. The quantitative estimate of drug-likeness (QED) is 0.692. The molecule has 3 N–H and O–H groups in total. The van der Waals surface area contributed by atoms with E-state index < -0.39 is 0 Å². The molecule has 156 valence electrons. The summed E-state index contributed by atoms with van der Waals surface area (Å²) in [6.07, 6.45) is 4.16. The van der Waals surface area contributed by atoms with Crippen molar-refractivity contribution in [1.29, 1.82) is 0 Å². The molecule has 2 aliphatic heterocycles. The standard InChI is InChI=1S/C19H34N4O3.ClH/c1-3-14(2)18(25)22-10-5-7-16(13-22)19(26)23-11-4-6-15(12-23)17(24)21-9-8-20;/h14-16H,3-13,20H2,1-2H3,(H,21,24);1H. The third kappa shape index (κ3) is 6.35. The Bertz CT molecular complexity index is 517. The Morgan fingerprint density at radius 2 is 1.67 bits per heavy atom. The molecular weight excluding hydrogens is 368 g/mol. The summed E-state index contributed by atoms with van der Waals surface area (Å²) in [6.45, 7) is 7.30. The number of nitrogens with two attached hydrogens (primary N) is 1. The fraction of sp³-hybridized carbons (Fsp3) is 0.842. The van der Waals surface area contributed by atoms with E-state index >= 15 is 0 Å². The normalized spacial score (nSPS) is 24.0. The van der Waals surface area contributed by atoms with Gasteiger partial charge in [-0.2, -0.15) is 0 Å². The first-order valence-corrected chi connectivity index (χ1v) is 10.0. The molecule has 3 unspecified atom stereocenters. The minimum Gasteiger partial charge on any atom is -0.355 e. The van der Waals surface area contributed by atoms with Crippen LogP contribution in [0.25, 0.3) is 0 Å². The summed E-state index contributed by atoms with van der Waals surface area (Å²) in [6, 6.07) is 0. The zero-order valence-corrected chi connectivity index (χ0v) is 17.4. The summed E-state index contributed by atoms with van der Waals surface area (Å²) >= 11 is 0. The van der Waals surface area contributed by atoms with Crippen LogP contribution in [-0.4, -0.2) is 66.8 Å². The number of amides is 3. The highest BCUT2D eigenvalue weighted by Gasteiger charge is 2.35. The average molecular weight is 403 g/mol. The number of rotatable bonds is 6. The van der Waals surface area contributed by atoms with E-state index in [-0.39, 0.29) is 47.9 Å². The zero-order valence-electron chi connectivity index (χ0n) is 16.6. The van der Waals surface area contributed by atoms with E-state index in [2.05, 4.69) is 5.32 Å². The van der Waals surface area contributed by atoms with Gasteiger partial charge in [0.2, 0.25) is 17.7 Å². The summed E-state index contributed by atoms with van der Waals surface area (Å²) < 4.78 is 0. The lowest BCUT2D eigenvalue weighted by Crippen LogP contribution is -2.51. The number of hydrogen-bond donors (Lipinski definition) is 2. The monoisotopic (exact) mass is 402 g/mol. The third-order valence-corrected chi connectivity index (χ3v) is 5.66. The highest BCUT2D eigenvalue weighted by Crippen LogP contribution is 2.24. The zero-order chi connectivity index (χ0) is 19.1. The number of carbonyl (C=O) groups excluding carboxylic acids is 3. The van der Waals surface area contributed by atoms with Gasteiger partial charge < -0.3 is 20.9 Å². The predicted molar refractivity (Wildman–Crippen MR) is 107 cm³/mol. The number of piperidine rings is 2. The van der Waals surface area contributed by atoms with Gasteiger partial charge in [-0.1, -0.05) is 13.8 Å². The third-order valence-electron chi connectivity index (χ3n) is 5.66. The molecule has 2 rings (SSSR count). The van der Waals surface area contributed by atoms with Crippen LogP contribution >= 0.6 is 12.4 Å². The molecule has 27 heavy (non-hydrogen) atoms. The van der Waals surface area contributed by atoms with Gasteiger partial charge >= 0.3 is 0 Å². The van der Waals surface area contributed by atoms with Gasteiger partial charge in [0, 0.05) is 45.2 Å². The van der Waals surface area contributed by atoms with Crippen molar-refractivity contribution in [2.24, 2.45) is 23.5 Å². The van der Waals surface area contributed by atoms with Crippen LogP contribution in [0, 0.1) is 17.8 Å². The van der Waals surface area contributed by atoms with E-state index in [4.69, 9.17) is 5.73 Å².